The molecule has 1 aliphatic carbocycles. The molecule has 2 heterocycles. The molecule has 2 aromatic carbocycles. The Morgan fingerprint density at radius 1 is 1.06 bits per heavy atom. The number of amides is 1. The van der Waals surface area contributed by atoms with Gasteiger partial charge in [0.1, 0.15) is 11.4 Å². The van der Waals surface area contributed by atoms with Crippen LogP contribution in [0.25, 0.3) is 10.2 Å². The van der Waals surface area contributed by atoms with Gasteiger partial charge in [-0.25, -0.2) is 4.79 Å². The van der Waals surface area contributed by atoms with Crippen LogP contribution in [-0.2, 0) is 30.7 Å². The van der Waals surface area contributed by atoms with Gasteiger partial charge in [0, 0.05) is 15.6 Å². The maximum Gasteiger partial charge on any atom is 0.332 e. The molecule has 0 radical (unpaired) electrons. The number of hydrogen-bond acceptors (Lipinski definition) is 4. The molecule has 6 nitrogen and oxygen atoms in total. The minimum absolute atomic E-state index is 0.0530. The van der Waals surface area contributed by atoms with Crippen molar-refractivity contribution >= 4 is 44.7 Å². The van der Waals surface area contributed by atoms with E-state index in [1.807, 2.05) is 37.3 Å². The van der Waals surface area contributed by atoms with Crippen molar-refractivity contribution in [3.63, 3.8) is 0 Å². The van der Waals surface area contributed by atoms with Crippen molar-refractivity contribution in [2.24, 2.45) is 0 Å². The molecule has 0 spiro atoms. The fourth-order valence-electron chi connectivity index (χ4n) is 4.56. The molecule has 34 heavy (non-hydrogen) atoms. The number of thiophene rings is 1. The third-order valence-electron chi connectivity index (χ3n) is 6.21. The molecule has 0 unspecified atom stereocenters. The molecule has 1 aliphatic rings. The summed E-state index contributed by atoms with van der Waals surface area (Å²) < 4.78 is 2.66. The van der Waals surface area contributed by atoms with Gasteiger partial charge in [-0.05, 0) is 67.5 Å². The van der Waals surface area contributed by atoms with E-state index in [1.165, 1.54) is 20.5 Å². The summed E-state index contributed by atoms with van der Waals surface area (Å²) in [7, 11) is 0. The summed E-state index contributed by atoms with van der Waals surface area (Å²) in [5.74, 6) is -0.316. The molecule has 2 aromatic heterocycles. The summed E-state index contributed by atoms with van der Waals surface area (Å²) in [6.45, 7) is 1.83. The highest BCUT2D eigenvalue weighted by atomic mass is 35.5. The number of benzene rings is 2. The van der Waals surface area contributed by atoms with Crippen molar-refractivity contribution in [2.75, 3.05) is 5.32 Å². The number of carbonyl (C=O) groups excluding carboxylic acids is 1. The van der Waals surface area contributed by atoms with Gasteiger partial charge in [0.15, 0.2) is 0 Å². The molecular weight excluding hydrogens is 470 g/mol. The Hall–Kier alpha value is -3.16. The van der Waals surface area contributed by atoms with E-state index in [0.717, 1.165) is 41.7 Å². The van der Waals surface area contributed by atoms with Gasteiger partial charge in [0.25, 0.3) is 5.56 Å². The molecule has 0 fully saturated rings. The van der Waals surface area contributed by atoms with Crippen molar-refractivity contribution in [3.05, 3.63) is 96.0 Å². The van der Waals surface area contributed by atoms with Crippen LogP contribution in [-0.4, -0.2) is 15.0 Å². The predicted octanol–water partition coefficient (Wildman–Crippen LogP) is 4.75. The van der Waals surface area contributed by atoms with Crippen molar-refractivity contribution in [1.29, 1.82) is 0 Å². The second-order valence-electron chi connectivity index (χ2n) is 8.66. The topological polar surface area (TPSA) is 73.1 Å². The first-order valence-corrected chi connectivity index (χ1v) is 12.5. The molecule has 0 aliphatic heterocycles. The molecule has 8 heteroatoms. The quantitative estimate of drug-likeness (QED) is 0.436. The number of hydrogen-bond donors (Lipinski definition) is 1. The van der Waals surface area contributed by atoms with E-state index < -0.39 is 5.69 Å². The Labute approximate surface area is 205 Å². The standard InChI is InChI=1S/C26H24ClN3O3S/c1-16-7-6-9-18(13-16)28-22(31)15-30-25-23(19-10-3-5-12-21(19)34-25)24(32)29(26(30)33)14-17-8-2-4-11-20(17)27/h2,4,6-9,11,13H,3,5,10,12,14-15H2,1H3,(H,28,31). The van der Waals surface area contributed by atoms with Gasteiger partial charge in [-0.3, -0.25) is 18.7 Å². The SMILES string of the molecule is Cc1cccc(NC(=O)Cn2c(=O)n(Cc3ccccc3Cl)c(=O)c3c4c(sc32)CCCC4)c1. The normalized spacial score (nSPS) is 13.1. The van der Waals surface area contributed by atoms with E-state index in [9.17, 15) is 14.4 Å². The largest absolute Gasteiger partial charge is 0.332 e. The number of fused-ring (bicyclic) bond motifs is 3. The number of carbonyl (C=O) groups is 1. The summed E-state index contributed by atoms with van der Waals surface area (Å²) in [4.78, 5) is 41.8. The lowest BCUT2D eigenvalue weighted by Crippen LogP contribution is -2.41. The van der Waals surface area contributed by atoms with E-state index in [0.29, 0.717) is 26.5 Å². The molecule has 174 valence electrons. The zero-order chi connectivity index (χ0) is 23.8. The molecule has 1 amide bonds. The lowest BCUT2D eigenvalue weighted by atomic mass is 9.97. The third kappa shape index (κ3) is 4.21. The maximum absolute atomic E-state index is 13.6. The predicted molar refractivity (Wildman–Crippen MR) is 137 cm³/mol. The summed E-state index contributed by atoms with van der Waals surface area (Å²) in [6.07, 6.45) is 3.77. The van der Waals surface area contributed by atoms with E-state index in [4.69, 9.17) is 11.6 Å². The van der Waals surface area contributed by atoms with Crippen LogP contribution in [0.15, 0.2) is 58.1 Å². The van der Waals surface area contributed by atoms with Crippen molar-refractivity contribution in [3.8, 4) is 0 Å². The smallest absolute Gasteiger partial charge is 0.325 e. The highest BCUT2D eigenvalue weighted by Crippen LogP contribution is 2.34. The zero-order valence-electron chi connectivity index (χ0n) is 18.8. The molecule has 5 rings (SSSR count). The molecule has 0 saturated heterocycles. The van der Waals surface area contributed by atoms with Gasteiger partial charge in [0.05, 0.1) is 11.9 Å². The summed E-state index contributed by atoms with van der Waals surface area (Å²) in [5.41, 5.74) is 2.59. The molecular formula is C26H24ClN3O3S. The molecule has 4 aromatic rings. The number of nitrogens with one attached hydrogen (secondary N) is 1. The van der Waals surface area contributed by atoms with E-state index in [-0.39, 0.29) is 24.6 Å². The van der Waals surface area contributed by atoms with Crippen molar-refractivity contribution < 1.29 is 4.79 Å². The Morgan fingerprint density at radius 3 is 2.65 bits per heavy atom. The van der Waals surface area contributed by atoms with Crippen LogP contribution in [0.3, 0.4) is 0 Å². The van der Waals surface area contributed by atoms with Crippen LogP contribution >= 0.6 is 22.9 Å². The second kappa shape index (κ2) is 9.24. The van der Waals surface area contributed by atoms with Crippen LogP contribution in [0, 0.1) is 6.92 Å². The van der Waals surface area contributed by atoms with Crippen LogP contribution in [0.4, 0.5) is 5.69 Å². The Balaban J connectivity index is 1.63. The molecule has 0 bridgehead atoms. The van der Waals surface area contributed by atoms with E-state index in [1.54, 1.807) is 18.2 Å². The van der Waals surface area contributed by atoms with Gasteiger partial charge in [-0.15, -0.1) is 11.3 Å². The third-order valence-corrected chi connectivity index (χ3v) is 7.89. The minimum Gasteiger partial charge on any atom is -0.325 e. The van der Waals surface area contributed by atoms with E-state index >= 15 is 0 Å². The highest BCUT2D eigenvalue weighted by Gasteiger charge is 2.24. The fourth-order valence-corrected chi connectivity index (χ4v) is 6.13. The number of rotatable bonds is 5. The minimum atomic E-state index is -0.504. The highest BCUT2D eigenvalue weighted by molar-refractivity contribution is 7.18. The first-order chi connectivity index (χ1) is 16.4. The van der Waals surface area contributed by atoms with Gasteiger partial charge < -0.3 is 5.32 Å². The van der Waals surface area contributed by atoms with Crippen LogP contribution in [0.2, 0.25) is 5.02 Å². The maximum atomic E-state index is 13.6. The number of anilines is 1. The van der Waals surface area contributed by atoms with Gasteiger partial charge in [0.2, 0.25) is 5.91 Å². The number of aryl methyl sites for hydroxylation is 3. The summed E-state index contributed by atoms with van der Waals surface area (Å²) in [6, 6.07) is 14.7. The average molecular weight is 494 g/mol. The first kappa shape index (κ1) is 22.6. The molecule has 0 saturated carbocycles. The van der Waals surface area contributed by atoms with Gasteiger partial charge >= 0.3 is 5.69 Å². The first-order valence-electron chi connectivity index (χ1n) is 11.3. The fraction of sp³-hybridized carbons (Fsp3) is 0.269. The zero-order valence-corrected chi connectivity index (χ0v) is 20.3. The second-order valence-corrected chi connectivity index (χ2v) is 10.2. The Morgan fingerprint density at radius 2 is 1.85 bits per heavy atom. The summed E-state index contributed by atoms with van der Waals surface area (Å²) >= 11 is 7.80. The average Bonchev–Trinajstić information content (AvgIpc) is 3.20. The molecule has 0 atom stereocenters. The van der Waals surface area contributed by atoms with Crippen molar-refractivity contribution in [2.45, 2.75) is 45.7 Å². The van der Waals surface area contributed by atoms with Crippen LogP contribution in [0.1, 0.15) is 34.4 Å². The Kier molecular flexibility index (Phi) is 6.15. The molecule has 1 N–H and O–H groups in total. The summed E-state index contributed by atoms with van der Waals surface area (Å²) in [5, 5.41) is 3.93. The van der Waals surface area contributed by atoms with Gasteiger partial charge in [-0.1, -0.05) is 41.9 Å². The monoisotopic (exact) mass is 493 g/mol. The lowest BCUT2D eigenvalue weighted by Gasteiger charge is -2.14. The number of halogens is 1. The van der Waals surface area contributed by atoms with Crippen LogP contribution in [0.5, 0.6) is 0 Å². The van der Waals surface area contributed by atoms with E-state index in [2.05, 4.69) is 5.32 Å². The van der Waals surface area contributed by atoms with Crippen LogP contribution < -0.4 is 16.6 Å². The van der Waals surface area contributed by atoms with Gasteiger partial charge in [-0.2, -0.15) is 0 Å². The van der Waals surface area contributed by atoms with Crippen molar-refractivity contribution in [1.82, 2.24) is 9.13 Å². The Bertz CT molecular complexity index is 1530. The lowest BCUT2D eigenvalue weighted by molar-refractivity contribution is -0.116. The number of aromatic nitrogens is 2. The number of nitrogens with zero attached hydrogens (tertiary/aromatic N) is 2.